The van der Waals surface area contributed by atoms with Gasteiger partial charge < -0.3 is 5.32 Å². The van der Waals surface area contributed by atoms with Crippen LogP contribution in [-0.4, -0.2) is 32.0 Å². The van der Waals surface area contributed by atoms with Gasteiger partial charge >= 0.3 is 0 Å². The SMILES string of the molecule is Cc1cc(C)n2c(CCCNC(=O)/C=C/c3ccc(Cl)cc3Cl)nnc2n1. The Hall–Kier alpha value is -2.44. The van der Waals surface area contributed by atoms with Crippen LogP contribution in [0.25, 0.3) is 11.9 Å². The Labute approximate surface area is 167 Å². The summed E-state index contributed by atoms with van der Waals surface area (Å²) >= 11 is 11.9. The lowest BCUT2D eigenvalue weighted by molar-refractivity contribution is -0.116. The van der Waals surface area contributed by atoms with E-state index in [1.54, 1.807) is 24.3 Å². The standard InChI is InChI=1S/C19H19Cl2N5O/c1-12-10-13(2)26-17(24-25-19(26)23-12)4-3-9-22-18(27)8-6-14-5-7-15(20)11-16(14)21/h5-8,10-11H,3-4,9H2,1-2H3,(H,22,27)/b8-6+. The first-order valence-electron chi connectivity index (χ1n) is 8.53. The molecule has 0 radical (unpaired) electrons. The number of hydrogen-bond donors (Lipinski definition) is 1. The monoisotopic (exact) mass is 403 g/mol. The molecule has 0 saturated heterocycles. The van der Waals surface area contributed by atoms with Crippen molar-refractivity contribution in [2.45, 2.75) is 26.7 Å². The molecule has 0 saturated carbocycles. The van der Waals surface area contributed by atoms with Crippen LogP contribution in [0.2, 0.25) is 10.0 Å². The molecule has 27 heavy (non-hydrogen) atoms. The van der Waals surface area contributed by atoms with Gasteiger partial charge in [0.25, 0.3) is 5.78 Å². The number of carbonyl (C=O) groups excluding carboxylic acids is 1. The van der Waals surface area contributed by atoms with E-state index < -0.39 is 0 Å². The van der Waals surface area contributed by atoms with Crippen molar-refractivity contribution in [3.05, 3.63) is 63.2 Å². The van der Waals surface area contributed by atoms with Gasteiger partial charge in [0.05, 0.1) is 0 Å². The number of nitrogens with one attached hydrogen (secondary N) is 1. The number of hydrogen-bond acceptors (Lipinski definition) is 4. The molecule has 2 heterocycles. The molecule has 0 unspecified atom stereocenters. The van der Waals surface area contributed by atoms with Gasteiger partial charge in [-0.15, -0.1) is 10.2 Å². The van der Waals surface area contributed by atoms with Crippen LogP contribution in [0, 0.1) is 13.8 Å². The lowest BCUT2D eigenvalue weighted by Gasteiger charge is -2.05. The van der Waals surface area contributed by atoms with E-state index in [0.717, 1.165) is 29.2 Å². The Morgan fingerprint density at radius 3 is 2.81 bits per heavy atom. The van der Waals surface area contributed by atoms with Crippen molar-refractivity contribution < 1.29 is 4.79 Å². The zero-order valence-corrected chi connectivity index (χ0v) is 16.6. The van der Waals surface area contributed by atoms with Crippen molar-refractivity contribution in [2.24, 2.45) is 0 Å². The second-order valence-corrected chi connectivity index (χ2v) is 7.03. The summed E-state index contributed by atoms with van der Waals surface area (Å²) in [6.45, 7) is 4.47. The van der Waals surface area contributed by atoms with Crippen molar-refractivity contribution >= 4 is 41.0 Å². The van der Waals surface area contributed by atoms with Crippen LogP contribution in [-0.2, 0) is 11.2 Å². The summed E-state index contributed by atoms with van der Waals surface area (Å²) in [6, 6.07) is 7.13. The highest BCUT2D eigenvalue weighted by atomic mass is 35.5. The topological polar surface area (TPSA) is 72.2 Å². The van der Waals surface area contributed by atoms with Crippen molar-refractivity contribution in [2.75, 3.05) is 6.54 Å². The van der Waals surface area contributed by atoms with Gasteiger partial charge in [0, 0.05) is 40.5 Å². The van der Waals surface area contributed by atoms with E-state index in [9.17, 15) is 4.79 Å². The van der Waals surface area contributed by atoms with Gasteiger partial charge in [0.1, 0.15) is 5.82 Å². The predicted octanol–water partition coefficient (Wildman–Crippen LogP) is 3.81. The molecule has 0 spiro atoms. The van der Waals surface area contributed by atoms with Gasteiger partial charge in [-0.05, 0) is 50.1 Å². The molecule has 8 heteroatoms. The van der Waals surface area contributed by atoms with Crippen molar-refractivity contribution in [1.82, 2.24) is 24.9 Å². The zero-order chi connectivity index (χ0) is 19.4. The van der Waals surface area contributed by atoms with E-state index in [-0.39, 0.29) is 5.91 Å². The number of aryl methyl sites for hydroxylation is 3. The molecule has 1 N–H and O–H groups in total. The number of rotatable bonds is 6. The number of amides is 1. The molecule has 3 rings (SSSR count). The lowest BCUT2D eigenvalue weighted by Crippen LogP contribution is -2.22. The van der Waals surface area contributed by atoms with Crippen LogP contribution in [0.1, 0.15) is 29.2 Å². The van der Waals surface area contributed by atoms with E-state index in [1.807, 2.05) is 24.3 Å². The first-order chi connectivity index (χ1) is 12.9. The second kappa shape index (κ2) is 8.50. The fourth-order valence-electron chi connectivity index (χ4n) is 2.78. The van der Waals surface area contributed by atoms with Crippen molar-refractivity contribution in [1.29, 1.82) is 0 Å². The molecular formula is C19H19Cl2N5O. The quantitative estimate of drug-likeness (QED) is 0.501. The van der Waals surface area contributed by atoms with E-state index in [1.165, 1.54) is 6.08 Å². The van der Waals surface area contributed by atoms with Gasteiger partial charge in [-0.2, -0.15) is 0 Å². The van der Waals surface area contributed by atoms with Gasteiger partial charge in [-0.3, -0.25) is 9.20 Å². The second-order valence-electron chi connectivity index (χ2n) is 6.18. The summed E-state index contributed by atoms with van der Waals surface area (Å²) < 4.78 is 1.94. The van der Waals surface area contributed by atoms with Crippen LogP contribution in [0.5, 0.6) is 0 Å². The molecule has 0 aliphatic carbocycles. The predicted molar refractivity (Wildman–Crippen MR) is 107 cm³/mol. The molecule has 0 bridgehead atoms. The van der Waals surface area contributed by atoms with E-state index >= 15 is 0 Å². The molecule has 1 aromatic carbocycles. The fraction of sp³-hybridized carbons (Fsp3) is 0.263. The first-order valence-corrected chi connectivity index (χ1v) is 9.29. The minimum atomic E-state index is -0.180. The number of carbonyl (C=O) groups is 1. The first kappa shape index (κ1) is 19.3. The maximum Gasteiger partial charge on any atom is 0.255 e. The summed E-state index contributed by atoms with van der Waals surface area (Å²) in [5.41, 5.74) is 2.70. The molecular weight excluding hydrogens is 385 g/mol. The Morgan fingerprint density at radius 2 is 2.04 bits per heavy atom. The van der Waals surface area contributed by atoms with Gasteiger partial charge in [0.15, 0.2) is 0 Å². The highest BCUT2D eigenvalue weighted by molar-refractivity contribution is 6.35. The Kier molecular flexibility index (Phi) is 6.08. The van der Waals surface area contributed by atoms with Crippen LogP contribution >= 0.6 is 23.2 Å². The average molecular weight is 404 g/mol. The number of halogens is 2. The normalized spacial score (nSPS) is 11.4. The Morgan fingerprint density at radius 1 is 1.22 bits per heavy atom. The summed E-state index contributed by atoms with van der Waals surface area (Å²) in [6.07, 6.45) is 4.56. The van der Waals surface area contributed by atoms with Crippen LogP contribution in [0.15, 0.2) is 30.3 Å². The molecule has 1 amide bonds. The summed E-state index contributed by atoms with van der Waals surface area (Å²) in [5, 5.41) is 12.2. The number of fused-ring (bicyclic) bond motifs is 1. The summed E-state index contributed by atoms with van der Waals surface area (Å²) in [5.74, 6) is 1.27. The van der Waals surface area contributed by atoms with Crippen molar-refractivity contribution in [3.8, 4) is 0 Å². The molecule has 2 aromatic heterocycles. The third-order valence-electron chi connectivity index (χ3n) is 4.01. The number of aromatic nitrogens is 4. The summed E-state index contributed by atoms with van der Waals surface area (Å²) in [7, 11) is 0. The van der Waals surface area contributed by atoms with E-state index in [2.05, 4.69) is 20.5 Å². The smallest absolute Gasteiger partial charge is 0.255 e. The van der Waals surface area contributed by atoms with Crippen molar-refractivity contribution in [3.63, 3.8) is 0 Å². The average Bonchev–Trinajstić information content (AvgIpc) is 3.01. The van der Waals surface area contributed by atoms with Crippen LogP contribution < -0.4 is 5.32 Å². The lowest BCUT2D eigenvalue weighted by atomic mass is 10.2. The maximum absolute atomic E-state index is 11.9. The highest BCUT2D eigenvalue weighted by Crippen LogP contribution is 2.21. The Bertz CT molecular complexity index is 1010. The minimum absolute atomic E-state index is 0.180. The minimum Gasteiger partial charge on any atom is -0.353 e. The molecule has 0 aliphatic rings. The number of benzene rings is 1. The van der Waals surface area contributed by atoms with Gasteiger partial charge in [-0.25, -0.2) is 4.98 Å². The zero-order valence-electron chi connectivity index (χ0n) is 15.0. The summed E-state index contributed by atoms with van der Waals surface area (Å²) in [4.78, 5) is 16.3. The Balaban J connectivity index is 1.51. The third kappa shape index (κ3) is 4.84. The van der Waals surface area contributed by atoms with Crippen LogP contribution in [0.4, 0.5) is 0 Å². The maximum atomic E-state index is 11.9. The van der Waals surface area contributed by atoms with E-state index in [4.69, 9.17) is 23.2 Å². The molecule has 140 valence electrons. The number of nitrogens with zero attached hydrogens (tertiary/aromatic N) is 4. The third-order valence-corrected chi connectivity index (χ3v) is 4.58. The molecule has 3 aromatic rings. The molecule has 0 aliphatic heterocycles. The molecule has 0 fully saturated rings. The molecule has 0 atom stereocenters. The van der Waals surface area contributed by atoms with E-state index in [0.29, 0.717) is 28.8 Å². The fourth-order valence-corrected chi connectivity index (χ4v) is 3.25. The van der Waals surface area contributed by atoms with Crippen LogP contribution in [0.3, 0.4) is 0 Å². The molecule has 6 nitrogen and oxygen atoms in total. The highest BCUT2D eigenvalue weighted by Gasteiger charge is 2.09. The van der Waals surface area contributed by atoms with Gasteiger partial charge in [-0.1, -0.05) is 29.3 Å². The largest absolute Gasteiger partial charge is 0.353 e. The van der Waals surface area contributed by atoms with Gasteiger partial charge in [0.2, 0.25) is 5.91 Å².